The van der Waals surface area contributed by atoms with Crippen LogP contribution in [0.5, 0.6) is 5.75 Å². The van der Waals surface area contributed by atoms with Gasteiger partial charge in [0.15, 0.2) is 0 Å². The average molecular weight is 477 g/mol. The molecule has 31 heavy (non-hydrogen) atoms. The van der Waals surface area contributed by atoms with Gasteiger partial charge in [-0.25, -0.2) is 8.42 Å². The third-order valence-corrected chi connectivity index (χ3v) is 8.02. The van der Waals surface area contributed by atoms with E-state index in [9.17, 15) is 13.2 Å². The van der Waals surface area contributed by atoms with Crippen LogP contribution in [-0.2, 0) is 15.8 Å². The third-order valence-electron chi connectivity index (χ3n) is 4.45. The Kier molecular flexibility index (Phi) is 8.00. The molecule has 1 amide bonds. The Morgan fingerprint density at radius 2 is 1.94 bits per heavy atom. The van der Waals surface area contributed by atoms with Gasteiger partial charge in [0.25, 0.3) is 15.9 Å². The molecule has 0 aliphatic rings. The first-order chi connectivity index (χ1) is 14.9. The Morgan fingerprint density at radius 1 is 1.13 bits per heavy atom. The number of carbonyl (C=O) groups excluding carboxylic acids is 1. The summed E-state index contributed by atoms with van der Waals surface area (Å²) in [5, 5.41) is 4.90. The average Bonchev–Trinajstić information content (AvgIpc) is 3.27. The Labute approximate surface area is 191 Å². The van der Waals surface area contributed by atoms with Gasteiger partial charge >= 0.3 is 0 Å². The molecule has 9 heteroatoms. The summed E-state index contributed by atoms with van der Waals surface area (Å²) in [6.07, 6.45) is 0. The number of rotatable bonds is 10. The second-order valence-electron chi connectivity index (χ2n) is 6.67. The molecule has 0 aliphatic carbocycles. The quantitative estimate of drug-likeness (QED) is 0.420. The monoisotopic (exact) mass is 476 g/mol. The van der Waals surface area contributed by atoms with Crippen LogP contribution in [0, 0.1) is 6.92 Å². The highest BCUT2D eigenvalue weighted by Crippen LogP contribution is 2.27. The van der Waals surface area contributed by atoms with Crippen LogP contribution in [-0.4, -0.2) is 33.7 Å². The molecule has 0 unspecified atom stereocenters. The maximum Gasteiger partial charge on any atom is 0.262 e. The van der Waals surface area contributed by atoms with Crippen molar-refractivity contribution in [1.29, 1.82) is 0 Å². The van der Waals surface area contributed by atoms with Crippen molar-refractivity contribution in [3.8, 4) is 5.75 Å². The summed E-state index contributed by atoms with van der Waals surface area (Å²) in [6, 6.07) is 15.5. The van der Waals surface area contributed by atoms with Gasteiger partial charge in [-0.05, 0) is 48.2 Å². The standard InChI is InChI=1S/C22H24N2O4S3/c1-16-9-10-17(22(25)23-11-13-29-15-18-6-5-12-30-18)14-21(16)31(26,27)24-19-7-3-4-8-20(19)28-2/h3-10,12,14,24H,11,13,15H2,1-2H3,(H,23,25). The van der Waals surface area contributed by atoms with E-state index in [2.05, 4.69) is 16.1 Å². The number of anilines is 1. The van der Waals surface area contributed by atoms with E-state index in [1.165, 1.54) is 18.1 Å². The van der Waals surface area contributed by atoms with E-state index in [-0.39, 0.29) is 10.8 Å². The van der Waals surface area contributed by atoms with Crippen molar-refractivity contribution in [2.75, 3.05) is 24.1 Å². The summed E-state index contributed by atoms with van der Waals surface area (Å²) in [6.45, 7) is 2.20. The van der Waals surface area contributed by atoms with Gasteiger partial charge in [0, 0.05) is 28.5 Å². The number of thiophene rings is 1. The lowest BCUT2D eigenvalue weighted by atomic mass is 10.1. The van der Waals surface area contributed by atoms with Crippen molar-refractivity contribution in [2.24, 2.45) is 0 Å². The van der Waals surface area contributed by atoms with Gasteiger partial charge < -0.3 is 10.1 Å². The Balaban J connectivity index is 1.65. The molecule has 0 bridgehead atoms. The number of hydrogen-bond acceptors (Lipinski definition) is 6. The van der Waals surface area contributed by atoms with E-state index in [1.54, 1.807) is 66.4 Å². The Hall–Kier alpha value is -2.49. The smallest absolute Gasteiger partial charge is 0.262 e. The number of sulfonamides is 1. The second kappa shape index (κ2) is 10.7. The zero-order chi connectivity index (χ0) is 22.3. The predicted octanol–water partition coefficient (Wildman–Crippen LogP) is 4.53. The molecule has 0 spiro atoms. The summed E-state index contributed by atoms with van der Waals surface area (Å²) >= 11 is 3.45. The highest BCUT2D eigenvalue weighted by molar-refractivity contribution is 7.98. The van der Waals surface area contributed by atoms with Crippen LogP contribution in [0.3, 0.4) is 0 Å². The molecule has 1 heterocycles. The molecule has 0 radical (unpaired) electrons. The number of nitrogens with one attached hydrogen (secondary N) is 2. The maximum atomic E-state index is 13.0. The van der Waals surface area contributed by atoms with Crippen LogP contribution in [0.4, 0.5) is 5.69 Å². The number of amides is 1. The van der Waals surface area contributed by atoms with E-state index in [0.29, 0.717) is 29.1 Å². The van der Waals surface area contributed by atoms with Gasteiger partial charge in [0.05, 0.1) is 17.7 Å². The van der Waals surface area contributed by atoms with Crippen LogP contribution >= 0.6 is 23.1 Å². The largest absolute Gasteiger partial charge is 0.495 e. The minimum atomic E-state index is -3.90. The highest BCUT2D eigenvalue weighted by Gasteiger charge is 2.20. The van der Waals surface area contributed by atoms with Crippen molar-refractivity contribution in [3.63, 3.8) is 0 Å². The molecule has 0 saturated heterocycles. The SMILES string of the molecule is COc1ccccc1NS(=O)(=O)c1cc(C(=O)NCCSCc2cccs2)ccc1C. The van der Waals surface area contributed by atoms with Crippen molar-refractivity contribution in [1.82, 2.24) is 5.32 Å². The highest BCUT2D eigenvalue weighted by atomic mass is 32.2. The molecule has 1 aromatic heterocycles. The summed E-state index contributed by atoms with van der Waals surface area (Å²) in [7, 11) is -2.43. The fraction of sp³-hybridized carbons (Fsp3) is 0.227. The number of hydrogen-bond donors (Lipinski definition) is 2. The van der Waals surface area contributed by atoms with Crippen LogP contribution < -0.4 is 14.8 Å². The van der Waals surface area contributed by atoms with Crippen molar-refractivity contribution >= 4 is 44.7 Å². The lowest BCUT2D eigenvalue weighted by molar-refractivity contribution is 0.0956. The minimum Gasteiger partial charge on any atom is -0.495 e. The lowest BCUT2D eigenvalue weighted by Crippen LogP contribution is -2.26. The van der Waals surface area contributed by atoms with Gasteiger partial charge in [-0.3, -0.25) is 9.52 Å². The number of thioether (sulfide) groups is 1. The third kappa shape index (κ3) is 6.25. The van der Waals surface area contributed by atoms with Gasteiger partial charge in [0.1, 0.15) is 5.75 Å². The molecule has 3 rings (SSSR count). The summed E-state index contributed by atoms with van der Waals surface area (Å²) in [5.74, 6) is 1.80. The van der Waals surface area contributed by atoms with E-state index in [4.69, 9.17) is 4.74 Å². The molecule has 0 fully saturated rings. The first-order valence-electron chi connectivity index (χ1n) is 9.55. The molecule has 0 aliphatic heterocycles. The fourth-order valence-electron chi connectivity index (χ4n) is 2.87. The van der Waals surface area contributed by atoms with Crippen molar-refractivity contribution < 1.29 is 17.9 Å². The molecule has 0 atom stereocenters. The van der Waals surface area contributed by atoms with E-state index >= 15 is 0 Å². The first kappa shape index (κ1) is 23.2. The number of methoxy groups -OCH3 is 1. The molecule has 0 saturated carbocycles. The number of benzene rings is 2. The topological polar surface area (TPSA) is 84.5 Å². The molecular formula is C22H24N2O4S3. The molecule has 164 valence electrons. The number of aryl methyl sites for hydroxylation is 1. The molecule has 2 N–H and O–H groups in total. The Morgan fingerprint density at radius 3 is 2.68 bits per heavy atom. The minimum absolute atomic E-state index is 0.0538. The van der Waals surface area contributed by atoms with Crippen LogP contribution in [0.2, 0.25) is 0 Å². The molecule has 6 nitrogen and oxygen atoms in total. The lowest BCUT2D eigenvalue weighted by Gasteiger charge is -2.14. The van der Waals surface area contributed by atoms with E-state index in [0.717, 1.165) is 11.5 Å². The van der Waals surface area contributed by atoms with Gasteiger partial charge in [0.2, 0.25) is 0 Å². The van der Waals surface area contributed by atoms with E-state index in [1.807, 2.05) is 11.4 Å². The fourth-order valence-corrected chi connectivity index (χ4v) is 5.91. The van der Waals surface area contributed by atoms with Gasteiger partial charge in [-0.2, -0.15) is 11.8 Å². The first-order valence-corrected chi connectivity index (χ1v) is 13.1. The van der Waals surface area contributed by atoms with Gasteiger partial charge in [-0.15, -0.1) is 11.3 Å². The normalized spacial score (nSPS) is 11.2. The van der Waals surface area contributed by atoms with Crippen molar-refractivity contribution in [3.05, 3.63) is 76.0 Å². The number of carbonyl (C=O) groups is 1. The predicted molar refractivity (Wildman–Crippen MR) is 128 cm³/mol. The van der Waals surface area contributed by atoms with Crippen LogP contribution in [0.1, 0.15) is 20.8 Å². The number of para-hydroxylation sites is 2. The zero-order valence-electron chi connectivity index (χ0n) is 17.3. The van der Waals surface area contributed by atoms with Crippen molar-refractivity contribution in [2.45, 2.75) is 17.6 Å². The van der Waals surface area contributed by atoms with Crippen LogP contribution in [0.15, 0.2) is 64.9 Å². The van der Waals surface area contributed by atoms with E-state index < -0.39 is 10.0 Å². The Bertz CT molecular complexity index is 1130. The number of ether oxygens (including phenoxy) is 1. The summed E-state index contributed by atoms with van der Waals surface area (Å²) in [5.41, 5.74) is 1.18. The van der Waals surface area contributed by atoms with Crippen LogP contribution in [0.25, 0.3) is 0 Å². The van der Waals surface area contributed by atoms with Gasteiger partial charge in [-0.1, -0.05) is 24.3 Å². The molecule has 3 aromatic rings. The summed E-state index contributed by atoms with van der Waals surface area (Å²) < 4.78 is 33.7. The molecule has 2 aromatic carbocycles. The molecular weight excluding hydrogens is 452 g/mol. The zero-order valence-corrected chi connectivity index (χ0v) is 19.7. The maximum absolute atomic E-state index is 13.0. The second-order valence-corrected chi connectivity index (χ2v) is 10.5. The summed E-state index contributed by atoms with van der Waals surface area (Å²) in [4.78, 5) is 13.9.